The molecule has 2 nitrogen and oxygen atoms in total. The molecule has 2 heteroatoms. The van der Waals surface area contributed by atoms with Crippen molar-refractivity contribution < 1.29 is 0 Å². The second-order valence-corrected chi connectivity index (χ2v) is 4.55. The summed E-state index contributed by atoms with van der Waals surface area (Å²) in [4.78, 5) is 4.58. The third-order valence-corrected chi connectivity index (χ3v) is 2.73. The fraction of sp³-hybridized carbons (Fsp3) is 0.462. The Bertz CT molecular complexity index is 413. The lowest BCUT2D eigenvalue weighted by molar-refractivity contribution is 0.734. The third-order valence-electron chi connectivity index (χ3n) is 2.73. The van der Waals surface area contributed by atoms with Gasteiger partial charge in [-0.2, -0.15) is 0 Å². The summed E-state index contributed by atoms with van der Waals surface area (Å²) >= 11 is 0. The van der Waals surface area contributed by atoms with Crippen molar-refractivity contribution in [3.05, 3.63) is 23.4 Å². The average molecular weight is 200 g/mol. The Morgan fingerprint density at radius 2 is 2.20 bits per heavy atom. The predicted molar refractivity (Wildman–Crippen MR) is 62.8 cm³/mol. The molecule has 1 aromatic rings. The Labute approximate surface area is 91.1 Å². The lowest BCUT2D eigenvalue weighted by Crippen LogP contribution is -2.29. The van der Waals surface area contributed by atoms with Crippen LogP contribution in [0.2, 0.25) is 0 Å². The number of nitrogens with zero attached hydrogens (tertiary/aromatic N) is 1. The summed E-state index contributed by atoms with van der Waals surface area (Å²) in [6.07, 6.45) is 8.92. The number of terminal acetylenes is 1. The molecule has 1 heterocycles. The molecule has 0 radical (unpaired) electrons. The summed E-state index contributed by atoms with van der Waals surface area (Å²) in [7, 11) is 0. The van der Waals surface area contributed by atoms with E-state index in [1.54, 1.807) is 0 Å². The molecule has 0 aromatic carbocycles. The Morgan fingerprint density at radius 1 is 1.40 bits per heavy atom. The number of hydrogen-bond donors (Lipinski definition) is 1. The van der Waals surface area contributed by atoms with Gasteiger partial charge in [0.25, 0.3) is 0 Å². The number of aromatic nitrogens is 1. The van der Waals surface area contributed by atoms with Gasteiger partial charge in [-0.3, -0.25) is 0 Å². The first-order valence-corrected chi connectivity index (χ1v) is 5.35. The maximum atomic E-state index is 5.43. The molecule has 15 heavy (non-hydrogen) atoms. The van der Waals surface area contributed by atoms with Crippen LogP contribution in [0, 0.1) is 12.3 Å². The highest BCUT2D eigenvalue weighted by atomic mass is 15.0. The quantitative estimate of drug-likeness (QED) is 0.741. The minimum absolute atomic E-state index is 0.333. The highest BCUT2D eigenvalue weighted by Gasteiger charge is 2.16. The van der Waals surface area contributed by atoms with E-state index in [0.717, 1.165) is 12.2 Å². The van der Waals surface area contributed by atoms with Crippen LogP contribution in [0.4, 0.5) is 5.82 Å². The van der Waals surface area contributed by atoms with Crippen LogP contribution in [0.25, 0.3) is 0 Å². The van der Waals surface area contributed by atoms with E-state index >= 15 is 0 Å². The molecule has 0 saturated heterocycles. The predicted octanol–water partition coefficient (Wildman–Crippen LogP) is 2.39. The van der Waals surface area contributed by atoms with Crippen molar-refractivity contribution >= 4 is 5.82 Å². The smallest absolute Gasteiger partial charge is 0.127 e. The molecule has 1 aliphatic carbocycles. The topological polar surface area (TPSA) is 24.9 Å². The van der Waals surface area contributed by atoms with Crippen molar-refractivity contribution in [3.8, 4) is 12.3 Å². The lowest BCUT2D eigenvalue weighted by atomic mass is 10.1. The van der Waals surface area contributed by atoms with E-state index in [0.29, 0.717) is 0 Å². The molecule has 0 unspecified atom stereocenters. The van der Waals surface area contributed by atoms with Crippen LogP contribution in [-0.2, 0) is 12.8 Å². The zero-order chi connectivity index (χ0) is 10.9. The Morgan fingerprint density at radius 3 is 2.93 bits per heavy atom. The van der Waals surface area contributed by atoms with E-state index in [1.165, 1.54) is 24.1 Å². The minimum Gasteiger partial charge on any atom is -0.354 e. The zero-order valence-corrected chi connectivity index (χ0v) is 9.30. The molecule has 0 saturated carbocycles. The molecule has 1 N–H and O–H groups in total. The minimum atomic E-state index is -0.333. The lowest BCUT2D eigenvalue weighted by Gasteiger charge is -2.20. The van der Waals surface area contributed by atoms with Crippen LogP contribution >= 0.6 is 0 Å². The molecule has 0 amide bonds. The maximum absolute atomic E-state index is 5.43. The van der Waals surface area contributed by atoms with E-state index in [4.69, 9.17) is 6.42 Å². The largest absolute Gasteiger partial charge is 0.354 e. The zero-order valence-electron chi connectivity index (χ0n) is 9.30. The number of fused-ring (bicyclic) bond motifs is 1. The highest BCUT2D eigenvalue weighted by molar-refractivity contribution is 5.44. The van der Waals surface area contributed by atoms with Crippen molar-refractivity contribution in [1.29, 1.82) is 0 Å². The molecule has 0 spiro atoms. The molecular weight excluding hydrogens is 184 g/mol. The first-order valence-electron chi connectivity index (χ1n) is 5.35. The monoisotopic (exact) mass is 200 g/mol. The number of anilines is 1. The standard InChI is InChI=1S/C13H16N2/c1-4-13(2,3)15-12-9-8-10-6-5-7-11(10)14-12/h1,8-9H,5-7H2,2-3H3,(H,14,15). The first kappa shape index (κ1) is 10.0. The van der Waals surface area contributed by atoms with Crippen molar-refractivity contribution in [2.24, 2.45) is 0 Å². The number of hydrogen-bond acceptors (Lipinski definition) is 2. The summed E-state index contributed by atoms with van der Waals surface area (Å²) in [5.74, 6) is 3.59. The molecule has 2 rings (SSSR count). The summed E-state index contributed by atoms with van der Waals surface area (Å²) in [6.45, 7) is 3.95. The number of rotatable bonds is 2. The number of nitrogens with one attached hydrogen (secondary N) is 1. The fourth-order valence-electron chi connectivity index (χ4n) is 1.85. The van der Waals surface area contributed by atoms with E-state index in [-0.39, 0.29) is 5.54 Å². The first-order chi connectivity index (χ1) is 7.11. The van der Waals surface area contributed by atoms with Crippen LogP contribution in [-0.4, -0.2) is 10.5 Å². The molecule has 0 aliphatic heterocycles. The highest BCUT2D eigenvalue weighted by Crippen LogP contribution is 2.22. The fourth-order valence-corrected chi connectivity index (χ4v) is 1.85. The third kappa shape index (κ3) is 2.12. The maximum Gasteiger partial charge on any atom is 0.127 e. The number of aryl methyl sites for hydroxylation is 2. The van der Waals surface area contributed by atoms with E-state index in [9.17, 15) is 0 Å². The van der Waals surface area contributed by atoms with Crippen LogP contribution in [0.5, 0.6) is 0 Å². The Balaban J connectivity index is 2.21. The van der Waals surface area contributed by atoms with E-state index in [1.807, 2.05) is 19.9 Å². The second kappa shape index (κ2) is 3.58. The van der Waals surface area contributed by atoms with Gasteiger partial charge in [-0.15, -0.1) is 6.42 Å². The number of pyridine rings is 1. The summed E-state index contributed by atoms with van der Waals surface area (Å²) in [5.41, 5.74) is 2.28. The Hall–Kier alpha value is -1.49. The van der Waals surface area contributed by atoms with Gasteiger partial charge in [0.2, 0.25) is 0 Å². The van der Waals surface area contributed by atoms with Crippen molar-refractivity contribution in [2.75, 3.05) is 5.32 Å². The normalized spacial score (nSPS) is 14.5. The summed E-state index contributed by atoms with van der Waals surface area (Å²) in [5, 5.41) is 3.25. The molecule has 0 bridgehead atoms. The van der Waals surface area contributed by atoms with Crippen molar-refractivity contribution in [3.63, 3.8) is 0 Å². The second-order valence-electron chi connectivity index (χ2n) is 4.55. The van der Waals surface area contributed by atoms with E-state index in [2.05, 4.69) is 22.3 Å². The van der Waals surface area contributed by atoms with Crippen molar-refractivity contribution in [1.82, 2.24) is 4.98 Å². The van der Waals surface area contributed by atoms with Crippen LogP contribution in [0.3, 0.4) is 0 Å². The molecule has 1 aromatic heterocycles. The van der Waals surface area contributed by atoms with E-state index < -0.39 is 0 Å². The molecular formula is C13H16N2. The van der Waals surface area contributed by atoms with Gasteiger partial charge >= 0.3 is 0 Å². The van der Waals surface area contributed by atoms with Gasteiger partial charge in [-0.25, -0.2) is 4.98 Å². The van der Waals surface area contributed by atoms with Crippen LogP contribution < -0.4 is 5.32 Å². The average Bonchev–Trinajstić information content (AvgIpc) is 2.64. The molecule has 78 valence electrons. The van der Waals surface area contributed by atoms with Gasteiger partial charge in [-0.1, -0.05) is 12.0 Å². The van der Waals surface area contributed by atoms with Gasteiger partial charge in [0.15, 0.2) is 0 Å². The molecule has 1 aliphatic rings. The van der Waals surface area contributed by atoms with Gasteiger partial charge in [-0.05, 0) is 44.7 Å². The van der Waals surface area contributed by atoms with Crippen LogP contribution in [0.1, 0.15) is 31.5 Å². The SMILES string of the molecule is C#CC(C)(C)Nc1ccc2c(n1)CCC2. The molecule has 0 fully saturated rings. The summed E-state index contributed by atoms with van der Waals surface area (Å²) in [6, 6.07) is 4.17. The van der Waals surface area contributed by atoms with Gasteiger partial charge in [0, 0.05) is 5.69 Å². The Kier molecular flexibility index (Phi) is 2.40. The van der Waals surface area contributed by atoms with Crippen LogP contribution in [0.15, 0.2) is 12.1 Å². The van der Waals surface area contributed by atoms with Crippen molar-refractivity contribution in [2.45, 2.75) is 38.6 Å². The van der Waals surface area contributed by atoms with Gasteiger partial charge < -0.3 is 5.32 Å². The molecule has 0 atom stereocenters. The summed E-state index contributed by atoms with van der Waals surface area (Å²) < 4.78 is 0. The van der Waals surface area contributed by atoms with Gasteiger partial charge in [0.05, 0.1) is 5.54 Å². The van der Waals surface area contributed by atoms with Gasteiger partial charge in [0.1, 0.15) is 5.82 Å².